The minimum absolute atomic E-state index is 0.120. The maximum atomic E-state index is 13.3. The monoisotopic (exact) mass is 581 g/mol. The van der Waals surface area contributed by atoms with Gasteiger partial charge in [-0.15, -0.1) is 0 Å². The van der Waals surface area contributed by atoms with E-state index in [0.717, 1.165) is 23.5 Å². The molecular weight excluding hydrogens is 558 g/mol. The van der Waals surface area contributed by atoms with E-state index >= 15 is 0 Å². The smallest absolute Gasteiger partial charge is 0.287 e. The second-order valence-electron chi connectivity index (χ2n) is 8.12. The van der Waals surface area contributed by atoms with Crippen molar-refractivity contribution in [3.05, 3.63) is 85.0 Å². The second kappa shape index (κ2) is 11.8. The Morgan fingerprint density at radius 3 is 2.47 bits per heavy atom. The molecule has 0 aliphatic heterocycles. The highest BCUT2D eigenvalue weighted by Gasteiger charge is 2.17. The lowest BCUT2D eigenvalue weighted by Crippen LogP contribution is -2.22. The van der Waals surface area contributed by atoms with Gasteiger partial charge in [0.05, 0.1) is 36.3 Å². The number of hydrogen-bond donors (Lipinski definition) is 0. The molecule has 0 spiro atoms. The van der Waals surface area contributed by atoms with Crippen molar-refractivity contribution in [2.24, 2.45) is 5.10 Å². The molecule has 0 unspecified atom stereocenters. The molecule has 0 aliphatic carbocycles. The number of rotatable bonds is 10. The summed E-state index contributed by atoms with van der Waals surface area (Å²) in [7, 11) is 2.93. The van der Waals surface area contributed by atoms with E-state index in [4.69, 9.17) is 14.2 Å². The largest absolute Gasteiger partial charge is 0.493 e. The fraction of sp³-hybridized carbons (Fsp3) is 0.231. The average molecular weight is 582 g/mol. The van der Waals surface area contributed by atoms with Crippen LogP contribution in [0.1, 0.15) is 31.2 Å². The maximum Gasteiger partial charge on any atom is 0.287 e. The van der Waals surface area contributed by atoms with Crippen LogP contribution in [0.5, 0.6) is 23.1 Å². The summed E-state index contributed by atoms with van der Waals surface area (Å²) in [6.45, 7) is 2.07. The Bertz CT molecular complexity index is 1540. The number of hydrogen-bond acceptors (Lipinski definition) is 9. The van der Waals surface area contributed by atoms with Crippen molar-refractivity contribution >= 4 is 38.7 Å². The van der Waals surface area contributed by atoms with Crippen molar-refractivity contribution < 1.29 is 19.1 Å². The van der Waals surface area contributed by atoms with Crippen molar-refractivity contribution in [2.45, 2.75) is 26.2 Å². The van der Waals surface area contributed by atoms with Crippen molar-refractivity contribution in [2.75, 3.05) is 14.2 Å². The number of nitro groups is 1. The fourth-order valence-electron chi connectivity index (χ4n) is 3.66. The van der Waals surface area contributed by atoms with Gasteiger partial charge in [-0.2, -0.15) is 9.78 Å². The lowest BCUT2D eigenvalue weighted by Gasteiger charge is -2.14. The molecule has 0 atom stereocenters. The topological polar surface area (TPSA) is 131 Å². The summed E-state index contributed by atoms with van der Waals surface area (Å²) in [5, 5.41) is 15.8. The van der Waals surface area contributed by atoms with Crippen LogP contribution in [0.2, 0.25) is 0 Å². The molecule has 0 amide bonds. The molecule has 0 aliphatic rings. The van der Waals surface area contributed by atoms with E-state index in [0.29, 0.717) is 40.2 Å². The van der Waals surface area contributed by atoms with Gasteiger partial charge in [0.25, 0.3) is 11.2 Å². The van der Waals surface area contributed by atoms with Crippen molar-refractivity contribution in [3.8, 4) is 23.1 Å². The zero-order valence-corrected chi connectivity index (χ0v) is 22.5. The summed E-state index contributed by atoms with van der Waals surface area (Å²) in [5.74, 6) is 1.53. The van der Waals surface area contributed by atoms with E-state index in [1.165, 1.54) is 37.2 Å². The SMILES string of the molecule is CCCCc1nc2ccc(Br)cc2c(=O)n1N=Cc1cc(OC)c(Oc2ccc([N+](=O)[O-])cn2)c(OC)c1. The highest BCUT2D eigenvalue weighted by atomic mass is 79.9. The van der Waals surface area contributed by atoms with Crippen molar-refractivity contribution in [1.82, 2.24) is 14.6 Å². The minimum Gasteiger partial charge on any atom is -0.493 e. The predicted octanol–water partition coefficient (Wildman–Crippen LogP) is 5.50. The number of nitrogens with zero attached hydrogens (tertiary/aromatic N) is 5. The summed E-state index contributed by atoms with van der Waals surface area (Å²) in [6.07, 6.45) is 5.00. The summed E-state index contributed by atoms with van der Waals surface area (Å²) < 4.78 is 18.9. The quantitative estimate of drug-likeness (QED) is 0.136. The van der Waals surface area contributed by atoms with Crippen molar-refractivity contribution in [3.63, 3.8) is 0 Å². The molecule has 12 heteroatoms. The van der Waals surface area contributed by atoms with Crippen LogP contribution in [-0.4, -0.2) is 40.0 Å². The third kappa shape index (κ3) is 5.80. The molecule has 2 heterocycles. The number of aryl methyl sites for hydroxylation is 1. The Morgan fingerprint density at radius 2 is 1.87 bits per heavy atom. The minimum atomic E-state index is -0.547. The number of fused-ring (bicyclic) bond motifs is 1. The van der Waals surface area contributed by atoms with Crippen molar-refractivity contribution in [1.29, 1.82) is 0 Å². The van der Waals surface area contributed by atoms with Gasteiger partial charge in [-0.3, -0.25) is 14.9 Å². The maximum absolute atomic E-state index is 13.3. The molecule has 4 aromatic rings. The van der Waals surface area contributed by atoms with Crippen LogP contribution >= 0.6 is 15.9 Å². The molecule has 0 saturated carbocycles. The first-order chi connectivity index (χ1) is 18.3. The molecule has 0 bridgehead atoms. The molecule has 2 aromatic heterocycles. The highest BCUT2D eigenvalue weighted by Crippen LogP contribution is 2.40. The summed E-state index contributed by atoms with van der Waals surface area (Å²) in [6, 6.07) is 11.4. The average Bonchev–Trinajstić information content (AvgIpc) is 2.92. The third-order valence-electron chi connectivity index (χ3n) is 5.57. The molecule has 0 radical (unpaired) electrons. The Kier molecular flexibility index (Phi) is 8.31. The van der Waals surface area contributed by atoms with Crippen LogP contribution in [-0.2, 0) is 6.42 Å². The Balaban J connectivity index is 1.73. The van der Waals surface area contributed by atoms with Crippen LogP contribution in [0.3, 0.4) is 0 Å². The van der Waals surface area contributed by atoms with Gasteiger partial charge in [-0.1, -0.05) is 29.3 Å². The van der Waals surface area contributed by atoms with Gasteiger partial charge in [-0.05, 0) is 36.8 Å². The molecule has 11 nitrogen and oxygen atoms in total. The van der Waals surface area contributed by atoms with Gasteiger partial charge in [0.15, 0.2) is 11.5 Å². The van der Waals surface area contributed by atoms with Gasteiger partial charge in [0.2, 0.25) is 11.6 Å². The number of pyridine rings is 1. The lowest BCUT2D eigenvalue weighted by molar-refractivity contribution is -0.385. The van der Waals surface area contributed by atoms with Crippen LogP contribution in [0.25, 0.3) is 10.9 Å². The van der Waals surface area contributed by atoms with Crippen LogP contribution < -0.4 is 19.8 Å². The first-order valence-electron chi connectivity index (χ1n) is 11.6. The Morgan fingerprint density at radius 1 is 1.13 bits per heavy atom. The molecule has 196 valence electrons. The lowest BCUT2D eigenvalue weighted by atomic mass is 10.2. The molecule has 0 saturated heterocycles. The standard InChI is InChI=1S/C26H24BrN5O6/c1-4-5-6-23-30-20-9-7-17(27)13-19(20)26(33)31(23)29-14-16-11-21(36-2)25(22(12-16)37-3)38-24-10-8-18(15-28-24)32(34)35/h7-15H,4-6H2,1-3H3. The molecule has 4 rings (SSSR count). The van der Waals surface area contributed by atoms with Gasteiger partial charge in [-0.25, -0.2) is 9.97 Å². The Hall–Kier alpha value is -4.32. The first kappa shape index (κ1) is 26.7. The fourth-order valence-corrected chi connectivity index (χ4v) is 4.02. The van der Waals surface area contributed by atoms with Crippen LogP contribution in [0.4, 0.5) is 5.69 Å². The Labute approximate surface area is 226 Å². The molecule has 38 heavy (non-hydrogen) atoms. The zero-order chi connectivity index (χ0) is 27.2. The second-order valence-corrected chi connectivity index (χ2v) is 9.04. The number of aromatic nitrogens is 3. The number of halogens is 1. The van der Waals surface area contributed by atoms with Gasteiger partial charge >= 0.3 is 0 Å². The van der Waals surface area contributed by atoms with Crippen LogP contribution in [0.15, 0.2) is 63.0 Å². The molecule has 0 N–H and O–H groups in total. The normalized spacial score (nSPS) is 11.2. The van der Waals surface area contributed by atoms with E-state index in [-0.39, 0.29) is 22.9 Å². The molecule has 2 aromatic carbocycles. The number of benzene rings is 2. The third-order valence-corrected chi connectivity index (χ3v) is 6.07. The van der Waals surface area contributed by atoms with Gasteiger partial charge in [0, 0.05) is 28.6 Å². The predicted molar refractivity (Wildman–Crippen MR) is 146 cm³/mol. The van der Waals surface area contributed by atoms with E-state index < -0.39 is 4.92 Å². The van der Waals surface area contributed by atoms with E-state index in [2.05, 4.69) is 37.9 Å². The summed E-state index contributed by atoms with van der Waals surface area (Å²) >= 11 is 3.41. The van der Waals surface area contributed by atoms with Crippen LogP contribution in [0, 0.1) is 10.1 Å². The zero-order valence-electron chi connectivity index (χ0n) is 20.9. The molecular formula is C26H24BrN5O6. The van der Waals surface area contributed by atoms with Gasteiger partial charge < -0.3 is 14.2 Å². The van der Waals surface area contributed by atoms with E-state index in [1.807, 2.05) is 6.07 Å². The van der Waals surface area contributed by atoms with E-state index in [9.17, 15) is 14.9 Å². The summed E-state index contributed by atoms with van der Waals surface area (Å²) in [5.41, 5.74) is 0.750. The number of ether oxygens (including phenoxy) is 3. The summed E-state index contributed by atoms with van der Waals surface area (Å²) in [4.78, 5) is 32.3. The highest BCUT2D eigenvalue weighted by molar-refractivity contribution is 9.10. The number of unbranched alkanes of at least 4 members (excludes halogenated alkanes) is 1. The van der Waals surface area contributed by atoms with E-state index in [1.54, 1.807) is 24.3 Å². The molecule has 0 fully saturated rings. The van der Waals surface area contributed by atoms with Gasteiger partial charge in [0.1, 0.15) is 12.0 Å². The number of methoxy groups -OCH3 is 2. The first-order valence-corrected chi connectivity index (χ1v) is 12.4.